The summed E-state index contributed by atoms with van der Waals surface area (Å²) in [5.41, 5.74) is 14.6. The summed E-state index contributed by atoms with van der Waals surface area (Å²) in [5.74, 6) is 0.851. The second kappa shape index (κ2) is 16.0. The molecular weight excluding hydrogens is 936 g/mol. The molecular formula is C57H41N4Pt-. The molecule has 62 heavy (non-hydrogen) atoms. The van der Waals surface area contributed by atoms with Gasteiger partial charge in [0.1, 0.15) is 11.5 Å². The van der Waals surface area contributed by atoms with Gasteiger partial charge in [0.05, 0.1) is 0 Å². The molecule has 8 aromatic carbocycles. The third-order valence-corrected chi connectivity index (χ3v) is 12.3. The van der Waals surface area contributed by atoms with E-state index in [1.165, 1.54) is 16.7 Å². The molecule has 300 valence electrons. The summed E-state index contributed by atoms with van der Waals surface area (Å²) in [4.78, 5) is 5.06. The van der Waals surface area contributed by atoms with Crippen LogP contribution in [0.1, 0.15) is 33.4 Å². The molecule has 0 aliphatic heterocycles. The van der Waals surface area contributed by atoms with Crippen molar-refractivity contribution in [1.29, 1.82) is 0 Å². The number of rotatable bonds is 8. The first kappa shape index (κ1) is 39.0. The molecule has 0 aliphatic rings. The first-order valence-electron chi connectivity index (χ1n) is 20.8. The topological polar surface area (TPSA) is 27.7 Å². The summed E-state index contributed by atoms with van der Waals surface area (Å²) in [5, 5.41) is 2.28. The van der Waals surface area contributed by atoms with Gasteiger partial charge in [-0.2, -0.15) is 34.9 Å². The largest absolute Gasteiger partial charge is 0.319 e. The Balaban J connectivity index is 0.00000458. The smallest absolute Gasteiger partial charge is 0.168 e. The predicted molar refractivity (Wildman–Crippen MR) is 250 cm³/mol. The maximum atomic E-state index is 5.06. The molecule has 3 aromatic heterocycles. The number of fused-ring (bicyclic) bond motifs is 4. The summed E-state index contributed by atoms with van der Waals surface area (Å²) in [6.45, 7) is 4.36. The van der Waals surface area contributed by atoms with E-state index in [4.69, 9.17) is 4.98 Å². The molecule has 0 saturated carbocycles. The average Bonchev–Trinajstić information content (AvgIpc) is 3.87. The van der Waals surface area contributed by atoms with E-state index in [1.54, 1.807) is 0 Å². The van der Waals surface area contributed by atoms with Crippen LogP contribution in [-0.4, -0.2) is 18.7 Å². The summed E-state index contributed by atoms with van der Waals surface area (Å²) in [7, 11) is 0. The van der Waals surface area contributed by atoms with Gasteiger partial charge in [-0.15, -0.1) is 28.6 Å². The Morgan fingerprint density at radius 1 is 0.500 bits per heavy atom. The molecule has 0 aliphatic carbocycles. The molecule has 0 atom stereocenters. The predicted octanol–water partition coefficient (Wildman–Crippen LogP) is 13.5. The Hall–Kier alpha value is -7.13. The first-order chi connectivity index (χ1) is 30.1. The number of aromatic nitrogens is 4. The molecule has 0 N–H and O–H groups in total. The third kappa shape index (κ3) is 6.33. The normalized spacial score (nSPS) is 11.6. The fraction of sp³-hybridized carbons (Fsp3) is 0.0526. The molecule has 0 fully saturated rings. The van der Waals surface area contributed by atoms with Gasteiger partial charge in [-0.05, 0) is 82.9 Å². The zero-order valence-corrected chi connectivity index (χ0v) is 36.6. The van der Waals surface area contributed by atoms with E-state index in [2.05, 4.69) is 246 Å². The van der Waals surface area contributed by atoms with Crippen molar-refractivity contribution in [3.8, 4) is 28.3 Å². The van der Waals surface area contributed by atoms with Crippen LogP contribution in [0.3, 0.4) is 0 Å². The molecule has 3 heterocycles. The Labute approximate surface area is 376 Å². The zero-order valence-electron chi connectivity index (χ0n) is 34.3. The van der Waals surface area contributed by atoms with Crippen molar-refractivity contribution in [2.24, 2.45) is 0 Å². The number of aryl methyl sites for hydroxylation is 2. The Morgan fingerprint density at radius 3 is 1.77 bits per heavy atom. The van der Waals surface area contributed by atoms with Gasteiger partial charge >= 0.3 is 0 Å². The Bertz CT molecular complexity index is 3330. The molecule has 0 saturated heterocycles. The van der Waals surface area contributed by atoms with Gasteiger partial charge < -0.3 is 4.57 Å². The van der Waals surface area contributed by atoms with Crippen molar-refractivity contribution in [1.82, 2.24) is 18.7 Å². The van der Waals surface area contributed by atoms with Crippen LogP contribution in [0.5, 0.6) is 0 Å². The van der Waals surface area contributed by atoms with Crippen LogP contribution in [0, 0.1) is 26.0 Å². The maximum absolute atomic E-state index is 5.06. The number of pyridine rings is 1. The minimum atomic E-state index is -0.806. The number of imidazole rings is 1. The number of hydrogen-bond donors (Lipinski definition) is 0. The van der Waals surface area contributed by atoms with Gasteiger partial charge in [0.15, 0.2) is 17.4 Å². The monoisotopic (exact) mass is 976 g/mol. The molecule has 0 unspecified atom stereocenters. The van der Waals surface area contributed by atoms with E-state index >= 15 is 0 Å². The van der Waals surface area contributed by atoms with Crippen molar-refractivity contribution in [3.63, 3.8) is 0 Å². The Kier molecular flexibility index (Phi) is 10.1. The van der Waals surface area contributed by atoms with Gasteiger partial charge in [-0.1, -0.05) is 133 Å². The molecule has 4 nitrogen and oxygen atoms in total. The van der Waals surface area contributed by atoms with Gasteiger partial charge in [-0.25, -0.2) is 9.55 Å². The molecule has 0 radical (unpaired) electrons. The molecule has 0 spiro atoms. The number of para-hydroxylation sites is 4. The minimum absolute atomic E-state index is 0. The summed E-state index contributed by atoms with van der Waals surface area (Å²) in [6, 6.07) is 79.5. The maximum Gasteiger partial charge on any atom is 0.168 e. The van der Waals surface area contributed by atoms with Crippen molar-refractivity contribution >= 4 is 32.8 Å². The van der Waals surface area contributed by atoms with Crippen molar-refractivity contribution in [3.05, 3.63) is 258 Å². The number of hydrogen-bond acceptors (Lipinski definition) is 1. The second-order valence-electron chi connectivity index (χ2n) is 15.8. The standard InChI is InChI=1S/C57H41N4.Pt/c1-40-18-16-19-41(2)56(40)42-34-35-58-55(36-42)61-51-29-13-12-28-49(51)50-33-32-46(38-54(50)61)57(43-20-6-3-7-21-43,44-22-8-4-9-23-44)45-24-17-27-48(37-45)60-39-59(47-25-10-5-11-26-47)52-30-14-15-31-53(52)60;/h3-36,39H,1-2H3;/q-1;. The number of nitrogens with zero attached hydrogens (tertiary/aromatic N) is 4. The van der Waals surface area contributed by atoms with Crippen molar-refractivity contribution < 1.29 is 21.1 Å². The van der Waals surface area contributed by atoms with E-state index in [1.807, 2.05) is 6.20 Å². The van der Waals surface area contributed by atoms with Gasteiger partial charge in [-0.3, -0.25) is 0 Å². The van der Waals surface area contributed by atoms with Crippen molar-refractivity contribution in [2.75, 3.05) is 0 Å². The van der Waals surface area contributed by atoms with Gasteiger partial charge in [0.2, 0.25) is 0 Å². The van der Waals surface area contributed by atoms with Crippen LogP contribution in [0.25, 0.3) is 61.2 Å². The van der Waals surface area contributed by atoms with Crippen LogP contribution in [-0.2, 0) is 26.5 Å². The molecule has 5 heteroatoms. The first-order valence-corrected chi connectivity index (χ1v) is 20.8. The quantitative estimate of drug-likeness (QED) is 0.110. The number of benzene rings is 8. The Morgan fingerprint density at radius 2 is 1.08 bits per heavy atom. The third-order valence-electron chi connectivity index (χ3n) is 12.3. The van der Waals surface area contributed by atoms with Crippen LogP contribution >= 0.6 is 0 Å². The van der Waals surface area contributed by atoms with Gasteiger partial charge in [0, 0.05) is 56.0 Å². The summed E-state index contributed by atoms with van der Waals surface area (Å²) >= 11 is 0. The van der Waals surface area contributed by atoms with Crippen LogP contribution in [0.15, 0.2) is 213 Å². The van der Waals surface area contributed by atoms with Crippen LogP contribution < -0.4 is 0 Å². The zero-order chi connectivity index (χ0) is 40.9. The minimum Gasteiger partial charge on any atom is -0.319 e. The van der Waals surface area contributed by atoms with E-state index in [0.717, 1.165) is 77.8 Å². The van der Waals surface area contributed by atoms with Crippen LogP contribution in [0.4, 0.5) is 0 Å². The summed E-state index contributed by atoms with van der Waals surface area (Å²) < 4.78 is 6.80. The molecule has 0 bridgehead atoms. The van der Waals surface area contributed by atoms with Gasteiger partial charge in [0.25, 0.3) is 0 Å². The van der Waals surface area contributed by atoms with Crippen molar-refractivity contribution in [2.45, 2.75) is 19.3 Å². The SMILES string of the molecule is Cc1cccc(C)c1-c1ccnc(-n2c3[c-]c(C(c4[c-]c(-n5[cH+]n(-c6ccccc6)c6ccccc65)ccc4)(c4ccccc4)c4ccccc4)ccc3c3ccccc32)c1.[Pt]. The molecule has 0 amide bonds. The fourth-order valence-corrected chi connectivity index (χ4v) is 9.54. The average molecular weight is 977 g/mol. The van der Waals surface area contributed by atoms with E-state index in [9.17, 15) is 0 Å². The van der Waals surface area contributed by atoms with E-state index in [0.29, 0.717) is 0 Å². The van der Waals surface area contributed by atoms with E-state index in [-0.39, 0.29) is 21.1 Å². The van der Waals surface area contributed by atoms with Crippen LogP contribution in [0.2, 0.25) is 0 Å². The fourth-order valence-electron chi connectivity index (χ4n) is 9.54. The molecule has 11 rings (SSSR count). The van der Waals surface area contributed by atoms with E-state index < -0.39 is 5.41 Å². The second-order valence-corrected chi connectivity index (χ2v) is 15.8. The summed E-state index contributed by atoms with van der Waals surface area (Å²) in [6.07, 6.45) is 4.12. The molecule has 11 aromatic rings.